The second kappa shape index (κ2) is 6.34. The summed E-state index contributed by atoms with van der Waals surface area (Å²) in [6.07, 6.45) is 1.88. The van der Waals surface area contributed by atoms with Crippen molar-refractivity contribution in [3.8, 4) is 11.3 Å². The first-order valence-corrected chi connectivity index (χ1v) is 7.41. The molecule has 3 aromatic rings. The van der Waals surface area contributed by atoms with Gasteiger partial charge in [-0.05, 0) is 19.1 Å². The first-order chi connectivity index (χ1) is 10.6. The van der Waals surface area contributed by atoms with Crippen LogP contribution < -0.4 is 5.32 Å². The molecule has 22 heavy (non-hydrogen) atoms. The Balaban J connectivity index is 1.60. The molecule has 1 N–H and O–H groups in total. The predicted octanol–water partition coefficient (Wildman–Crippen LogP) is 3.33. The summed E-state index contributed by atoms with van der Waals surface area (Å²) in [7, 11) is 2.01. The lowest BCUT2D eigenvalue weighted by Crippen LogP contribution is -2.14. The van der Waals surface area contributed by atoms with Crippen LogP contribution in [0.1, 0.15) is 17.3 Å². The molecule has 2 aromatic heterocycles. The Labute approximate surface area is 133 Å². The fourth-order valence-electron chi connectivity index (χ4n) is 2.18. The second-order valence-corrected chi connectivity index (χ2v) is 5.58. The Hall–Kier alpha value is -2.11. The number of rotatable bonds is 5. The molecule has 2 heterocycles. The van der Waals surface area contributed by atoms with Gasteiger partial charge in [0, 0.05) is 36.4 Å². The van der Waals surface area contributed by atoms with Crippen LogP contribution in [0.15, 0.2) is 41.1 Å². The van der Waals surface area contributed by atoms with Crippen LogP contribution in [-0.4, -0.2) is 14.7 Å². The third kappa shape index (κ3) is 3.21. The summed E-state index contributed by atoms with van der Waals surface area (Å²) in [6, 6.07) is 9.47. The van der Waals surface area contributed by atoms with Crippen LogP contribution in [0.5, 0.6) is 0 Å². The van der Waals surface area contributed by atoms with Gasteiger partial charge in [0.25, 0.3) is 0 Å². The van der Waals surface area contributed by atoms with Gasteiger partial charge in [0.1, 0.15) is 11.5 Å². The average Bonchev–Trinajstić information content (AvgIpc) is 3.10. The minimum Gasteiger partial charge on any atom is -0.359 e. The maximum absolute atomic E-state index is 5.88. The van der Waals surface area contributed by atoms with Crippen molar-refractivity contribution < 1.29 is 4.52 Å². The summed E-state index contributed by atoms with van der Waals surface area (Å²) in [5, 5.41) is 8.13. The molecule has 0 unspecified atom stereocenters. The van der Waals surface area contributed by atoms with Gasteiger partial charge in [0.15, 0.2) is 5.76 Å². The molecule has 1 aromatic carbocycles. The Kier molecular flexibility index (Phi) is 4.27. The summed E-state index contributed by atoms with van der Waals surface area (Å²) in [5.74, 6) is 1.80. The van der Waals surface area contributed by atoms with Gasteiger partial charge in [-0.3, -0.25) is 0 Å². The molecular weight excluding hydrogens is 300 g/mol. The summed E-state index contributed by atoms with van der Waals surface area (Å²) >= 11 is 5.88. The van der Waals surface area contributed by atoms with Crippen LogP contribution in [0.4, 0.5) is 0 Å². The highest BCUT2D eigenvalue weighted by Crippen LogP contribution is 2.21. The van der Waals surface area contributed by atoms with Crippen LogP contribution in [0.25, 0.3) is 11.3 Å². The van der Waals surface area contributed by atoms with E-state index in [1.165, 1.54) is 0 Å². The van der Waals surface area contributed by atoms with Gasteiger partial charge >= 0.3 is 0 Å². The van der Waals surface area contributed by atoms with Crippen molar-refractivity contribution in [2.24, 2.45) is 7.05 Å². The summed E-state index contributed by atoms with van der Waals surface area (Å²) in [6.45, 7) is 3.33. The van der Waals surface area contributed by atoms with Gasteiger partial charge in [-0.15, -0.1) is 0 Å². The molecule has 0 bridgehead atoms. The third-order valence-corrected chi connectivity index (χ3v) is 3.87. The highest BCUT2D eigenvalue weighted by molar-refractivity contribution is 6.30. The number of hydrogen-bond donors (Lipinski definition) is 1. The van der Waals surface area contributed by atoms with E-state index in [0.29, 0.717) is 11.6 Å². The van der Waals surface area contributed by atoms with E-state index >= 15 is 0 Å². The van der Waals surface area contributed by atoms with E-state index in [2.05, 4.69) is 20.0 Å². The molecule has 3 rings (SSSR count). The summed E-state index contributed by atoms with van der Waals surface area (Å²) in [4.78, 5) is 4.27. The lowest BCUT2D eigenvalue weighted by Gasteiger charge is -2.04. The van der Waals surface area contributed by atoms with Gasteiger partial charge in [-0.1, -0.05) is 28.9 Å². The number of benzene rings is 1. The number of halogens is 1. The van der Waals surface area contributed by atoms with E-state index in [0.717, 1.165) is 35.1 Å². The summed E-state index contributed by atoms with van der Waals surface area (Å²) in [5.41, 5.74) is 2.93. The van der Waals surface area contributed by atoms with Crippen molar-refractivity contribution in [1.29, 1.82) is 0 Å². The molecule has 0 aliphatic rings. The van der Waals surface area contributed by atoms with Crippen molar-refractivity contribution in [2.75, 3.05) is 0 Å². The van der Waals surface area contributed by atoms with E-state index in [9.17, 15) is 0 Å². The average molecular weight is 317 g/mol. The zero-order valence-corrected chi connectivity index (χ0v) is 13.3. The lowest BCUT2D eigenvalue weighted by molar-refractivity contribution is 0.374. The number of nitrogens with zero attached hydrogens (tertiary/aromatic N) is 3. The zero-order chi connectivity index (χ0) is 15.5. The van der Waals surface area contributed by atoms with Crippen molar-refractivity contribution in [2.45, 2.75) is 20.0 Å². The molecule has 0 radical (unpaired) electrons. The summed E-state index contributed by atoms with van der Waals surface area (Å²) < 4.78 is 7.42. The first kappa shape index (κ1) is 14.8. The fraction of sp³-hybridized carbons (Fsp3) is 0.250. The monoisotopic (exact) mass is 316 g/mol. The molecule has 0 aliphatic heterocycles. The zero-order valence-electron chi connectivity index (χ0n) is 12.5. The maximum atomic E-state index is 5.88. The molecule has 0 amide bonds. The van der Waals surface area contributed by atoms with Gasteiger partial charge in [0.05, 0.1) is 12.2 Å². The quantitative estimate of drug-likeness (QED) is 0.784. The Morgan fingerprint density at radius 2 is 2.00 bits per heavy atom. The Bertz CT molecular complexity index is 761. The van der Waals surface area contributed by atoms with Crippen LogP contribution in [0.2, 0.25) is 5.02 Å². The number of nitrogens with one attached hydrogen (secondary N) is 1. The molecule has 0 saturated carbocycles. The number of imidazole rings is 1. The minimum absolute atomic E-state index is 0.616. The van der Waals surface area contributed by atoms with E-state index in [-0.39, 0.29) is 0 Å². The van der Waals surface area contributed by atoms with Crippen molar-refractivity contribution in [1.82, 2.24) is 20.0 Å². The number of aromatic nitrogens is 3. The molecule has 114 valence electrons. The SMILES string of the molecule is Cc1ncc(CNCc2cc(-c3ccc(Cl)cc3)no2)n1C. The lowest BCUT2D eigenvalue weighted by atomic mass is 10.1. The maximum Gasteiger partial charge on any atom is 0.151 e. The molecular formula is C16H17ClN4O. The smallest absolute Gasteiger partial charge is 0.151 e. The molecule has 0 spiro atoms. The molecule has 6 heteroatoms. The topological polar surface area (TPSA) is 55.9 Å². The standard InChI is InChI=1S/C16H17ClN4O/c1-11-19-9-14(21(11)2)8-18-10-15-7-16(20-22-15)12-3-5-13(17)6-4-12/h3-7,9,18H,8,10H2,1-2H3. The molecule has 0 aliphatic carbocycles. The van der Waals surface area contributed by atoms with Crippen molar-refractivity contribution >= 4 is 11.6 Å². The molecule has 0 atom stereocenters. The molecule has 0 saturated heterocycles. The fourth-order valence-corrected chi connectivity index (χ4v) is 2.31. The van der Waals surface area contributed by atoms with Crippen LogP contribution >= 0.6 is 11.6 Å². The van der Waals surface area contributed by atoms with Gasteiger partial charge in [-0.25, -0.2) is 4.98 Å². The highest BCUT2D eigenvalue weighted by Gasteiger charge is 2.07. The van der Waals surface area contributed by atoms with E-state index in [4.69, 9.17) is 16.1 Å². The highest BCUT2D eigenvalue weighted by atomic mass is 35.5. The van der Waals surface area contributed by atoms with E-state index < -0.39 is 0 Å². The van der Waals surface area contributed by atoms with Gasteiger partial charge in [-0.2, -0.15) is 0 Å². The number of hydrogen-bond acceptors (Lipinski definition) is 4. The van der Waals surface area contributed by atoms with E-state index in [1.807, 2.05) is 50.5 Å². The van der Waals surface area contributed by atoms with Crippen molar-refractivity contribution in [3.05, 3.63) is 58.8 Å². The van der Waals surface area contributed by atoms with Crippen LogP contribution in [0.3, 0.4) is 0 Å². The van der Waals surface area contributed by atoms with Crippen LogP contribution in [0, 0.1) is 6.92 Å². The van der Waals surface area contributed by atoms with Gasteiger partial charge < -0.3 is 14.4 Å². The van der Waals surface area contributed by atoms with Crippen LogP contribution in [-0.2, 0) is 20.1 Å². The van der Waals surface area contributed by atoms with Crippen molar-refractivity contribution in [3.63, 3.8) is 0 Å². The molecule has 5 nitrogen and oxygen atoms in total. The molecule has 0 fully saturated rings. The third-order valence-electron chi connectivity index (χ3n) is 3.62. The van der Waals surface area contributed by atoms with Gasteiger partial charge in [0.2, 0.25) is 0 Å². The Morgan fingerprint density at radius 1 is 1.23 bits per heavy atom. The largest absolute Gasteiger partial charge is 0.359 e. The Morgan fingerprint density at radius 3 is 2.68 bits per heavy atom. The predicted molar refractivity (Wildman–Crippen MR) is 85.4 cm³/mol. The number of aryl methyl sites for hydroxylation is 1. The second-order valence-electron chi connectivity index (χ2n) is 5.14. The minimum atomic E-state index is 0.616. The normalized spacial score (nSPS) is 11.0. The van der Waals surface area contributed by atoms with E-state index in [1.54, 1.807) is 0 Å². The first-order valence-electron chi connectivity index (χ1n) is 7.03.